The fourth-order valence-electron chi connectivity index (χ4n) is 2.43. The zero-order chi connectivity index (χ0) is 16.8. The number of benzene rings is 2. The van der Waals surface area contributed by atoms with Gasteiger partial charge >= 0.3 is 0 Å². The topological polar surface area (TPSA) is 69.0 Å². The van der Waals surface area contributed by atoms with Crippen LogP contribution >= 0.6 is 0 Å². The number of amides is 1. The van der Waals surface area contributed by atoms with E-state index in [2.05, 4.69) is 15.4 Å². The third-order valence-electron chi connectivity index (χ3n) is 3.69. The second-order valence-electron chi connectivity index (χ2n) is 5.20. The van der Waals surface area contributed by atoms with Crippen LogP contribution in [0.15, 0.2) is 61.2 Å². The third kappa shape index (κ3) is 3.60. The molecule has 24 heavy (non-hydrogen) atoms. The molecule has 0 aliphatic heterocycles. The number of hydrogen-bond acceptors (Lipinski definition) is 4. The minimum absolute atomic E-state index is 0.102. The third-order valence-corrected chi connectivity index (χ3v) is 3.69. The van der Waals surface area contributed by atoms with E-state index in [0.717, 1.165) is 17.0 Å². The fourth-order valence-corrected chi connectivity index (χ4v) is 2.43. The summed E-state index contributed by atoms with van der Waals surface area (Å²) in [5.41, 5.74) is 2.54. The van der Waals surface area contributed by atoms with E-state index in [1.165, 1.54) is 6.33 Å². The van der Waals surface area contributed by atoms with Gasteiger partial charge in [-0.15, -0.1) is 0 Å². The molecule has 6 nitrogen and oxygen atoms in total. The molecule has 0 aliphatic rings. The predicted octanol–water partition coefficient (Wildman–Crippen LogP) is 2.25. The van der Waals surface area contributed by atoms with Crippen molar-refractivity contribution in [1.82, 2.24) is 20.1 Å². The lowest BCUT2D eigenvalue weighted by Gasteiger charge is -2.09. The molecule has 0 atom stereocenters. The Bertz CT molecular complexity index is 798. The molecule has 2 aromatic carbocycles. The molecule has 0 radical (unpaired) electrons. The Morgan fingerprint density at radius 3 is 2.67 bits per heavy atom. The van der Waals surface area contributed by atoms with Crippen LogP contribution in [0.2, 0.25) is 0 Å². The Morgan fingerprint density at radius 2 is 1.96 bits per heavy atom. The van der Waals surface area contributed by atoms with Crippen molar-refractivity contribution < 1.29 is 9.53 Å². The molecule has 1 N–H and O–H groups in total. The molecule has 0 fully saturated rings. The van der Waals surface area contributed by atoms with Gasteiger partial charge in [0.2, 0.25) is 0 Å². The smallest absolute Gasteiger partial charge is 0.251 e. The van der Waals surface area contributed by atoms with E-state index in [-0.39, 0.29) is 5.91 Å². The quantitative estimate of drug-likeness (QED) is 0.756. The van der Waals surface area contributed by atoms with Crippen LogP contribution in [0.1, 0.15) is 15.9 Å². The Kier molecular flexibility index (Phi) is 4.86. The molecule has 0 aliphatic carbocycles. The molecule has 122 valence electrons. The van der Waals surface area contributed by atoms with Gasteiger partial charge in [-0.25, -0.2) is 9.67 Å². The average Bonchev–Trinajstić information content (AvgIpc) is 3.17. The molecule has 0 unspecified atom stereocenters. The van der Waals surface area contributed by atoms with Gasteiger partial charge in [0.25, 0.3) is 5.91 Å². The van der Waals surface area contributed by atoms with Crippen LogP contribution in [-0.4, -0.2) is 34.3 Å². The molecular formula is C18H18N4O2. The van der Waals surface area contributed by atoms with E-state index in [1.54, 1.807) is 30.3 Å². The van der Waals surface area contributed by atoms with Crippen LogP contribution in [0.5, 0.6) is 5.75 Å². The first-order chi connectivity index (χ1) is 11.8. The maximum absolute atomic E-state index is 12.2. The van der Waals surface area contributed by atoms with Gasteiger partial charge in [0.05, 0.1) is 12.8 Å². The summed E-state index contributed by atoms with van der Waals surface area (Å²) < 4.78 is 6.95. The molecular weight excluding hydrogens is 304 g/mol. The average molecular weight is 322 g/mol. The van der Waals surface area contributed by atoms with Crippen molar-refractivity contribution in [3.05, 3.63) is 72.3 Å². The van der Waals surface area contributed by atoms with Crippen LogP contribution in [0, 0.1) is 0 Å². The molecule has 1 heterocycles. The van der Waals surface area contributed by atoms with Gasteiger partial charge in [0, 0.05) is 12.1 Å². The lowest BCUT2D eigenvalue weighted by atomic mass is 10.1. The summed E-state index contributed by atoms with van der Waals surface area (Å²) in [6.45, 7) is 0.546. The van der Waals surface area contributed by atoms with E-state index in [4.69, 9.17) is 4.74 Å². The van der Waals surface area contributed by atoms with Gasteiger partial charge in [-0.05, 0) is 42.3 Å². The van der Waals surface area contributed by atoms with Crippen LogP contribution in [0.3, 0.4) is 0 Å². The van der Waals surface area contributed by atoms with Gasteiger partial charge in [-0.3, -0.25) is 4.79 Å². The van der Waals surface area contributed by atoms with Crippen molar-refractivity contribution >= 4 is 5.91 Å². The second-order valence-corrected chi connectivity index (χ2v) is 5.20. The SMILES string of the molecule is COc1ccccc1CCNC(=O)c1ccc(-n2cncn2)cc1. The first kappa shape index (κ1) is 15.7. The number of para-hydroxylation sites is 1. The maximum atomic E-state index is 12.2. The summed E-state index contributed by atoms with van der Waals surface area (Å²) in [5, 5.41) is 6.98. The van der Waals surface area contributed by atoms with Crippen molar-refractivity contribution in [1.29, 1.82) is 0 Å². The van der Waals surface area contributed by atoms with Crippen molar-refractivity contribution in [3.63, 3.8) is 0 Å². The number of methoxy groups -OCH3 is 1. The number of carbonyl (C=O) groups excluding carboxylic acids is 1. The van der Waals surface area contributed by atoms with E-state index in [9.17, 15) is 4.79 Å². The van der Waals surface area contributed by atoms with E-state index in [0.29, 0.717) is 18.5 Å². The van der Waals surface area contributed by atoms with Crippen LogP contribution in [0.25, 0.3) is 5.69 Å². The van der Waals surface area contributed by atoms with E-state index in [1.807, 2.05) is 36.4 Å². The highest BCUT2D eigenvalue weighted by molar-refractivity contribution is 5.94. The molecule has 0 saturated heterocycles. The maximum Gasteiger partial charge on any atom is 0.251 e. The summed E-state index contributed by atoms with van der Waals surface area (Å²) in [5.74, 6) is 0.735. The Balaban J connectivity index is 1.57. The minimum atomic E-state index is -0.102. The Morgan fingerprint density at radius 1 is 1.17 bits per heavy atom. The predicted molar refractivity (Wildman–Crippen MR) is 90.4 cm³/mol. The number of carbonyl (C=O) groups is 1. The number of aromatic nitrogens is 3. The number of hydrogen-bond donors (Lipinski definition) is 1. The first-order valence-corrected chi connectivity index (χ1v) is 7.63. The van der Waals surface area contributed by atoms with Crippen molar-refractivity contribution in [2.24, 2.45) is 0 Å². The highest BCUT2D eigenvalue weighted by Crippen LogP contribution is 2.17. The number of rotatable bonds is 6. The van der Waals surface area contributed by atoms with Crippen LogP contribution in [0.4, 0.5) is 0 Å². The molecule has 3 rings (SSSR count). The van der Waals surface area contributed by atoms with E-state index < -0.39 is 0 Å². The van der Waals surface area contributed by atoms with E-state index >= 15 is 0 Å². The van der Waals surface area contributed by atoms with Gasteiger partial charge in [0.1, 0.15) is 18.4 Å². The zero-order valence-corrected chi connectivity index (χ0v) is 13.3. The minimum Gasteiger partial charge on any atom is -0.496 e. The monoisotopic (exact) mass is 322 g/mol. The van der Waals surface area contributed by atoms with Crippen molar-refractivity contribution in [2.45, 2.75) is 6.42 Å². The van der Waals surface area contributed by atoms with Crippen molar-refractivity contribution in [2.75, 3.05) is 13.7 Å². The molecule has 0 spiro atoms. The summed E-state index contributed by atoms with van der Waals surface area (Å²) in [6, 6.07) is 15.0. The van der Waals surface area contributed by atoms with Gasteiger partial charge < -0.3 is 10.1 Å². The van der Waals surface area contributed by atoms with Crippen LogP contribution < -0.4 is 10.1 Å². The van der Waals surface area contributed by atoms with Gasteiger partial charge in [0.15, 0.2) is 0 Å². The zero-order valence-electron chi connectivity index (χ0n) is 13.3. The van der Waals surface area contributed by atoms with Gasteiger partial charge in [-0.2, -0.15) is 5.10 Å². The lowest BCUT2D eigenvalue weighted by Crippen LogP contribution is -2.25. The number of nitrogens with one attached hydrogen (secondary N) is 1. The highest BCUT2D eigenvalue weighted by Gasteiger charge is 2.07. The molecule has 6 heteroatoms. The Labute approximate surface area is 140 Å². The molecule has 1 aromatic heterocycles. The largest absolute Gasteiger partial charge is 0.496 e. The number of ether oxygens (including phenoxy) is 1. The fraction of sp³-hybridized carbons (Fsp3) is 0.167. The lowest BCUT2D eigenvalue weighted by molar-refractivity contribution is 0.0954. The number of nitrogens with zero attached hydrogens (tertiary/aromatic N) is 3. The van der Waals surface area contributed by atoms with Gasteiger partial charge in [-0.1, -0.05) is 18.2 Å². The molecule has 0 bridgehead atoms. The normalized spacial score (nSPS) is 10.4. The molecule has 0 saturated carbocycles. The Hall–Kier alpha value is -3.15. The molecule has 3 aromatic rings. The second kappa shape index (κ2) is 7.41. The molecule has 1 amide bonds. The van der Waals surface area contributed by atoms with Crippen molar-refractivity contribution in [3.8, 4) is 11.4 Å². The first-order valence-electron chi connectivity index (χ1n) is 7.63. The standard InChI is InChI=1S/C18H18N4O2/c1-24-17-5-3-2-4-14(17)10-11-20-18(23)15-6-8-16(9-7-15)22-13-19-12-21-22/h2-9,12-13H,10-11H2,1H3,(H,20,23). The summed E-state index contributed by atoms with van der Waals surface area (Å²) >= 11 is 0. The highest BCUT2D eigenvalue weighted by atomic mass is 16.5. The van der Waals surface area contributed by atoms with Crippen LogP contribution in [-0.2, 0) is 6.42 Å². The summed E-state index contributed by atoms with van der Waals surface area (Å²) in [7, 11) is 1.65. The summed E-state index contributed by atoms with van der Waals surface area (Å²) in [6.07, 6.45) is 3.80. The summed E-state index contributed by atoms with van der Waals surface area (Å²) in [4.78, 5) is 16.1.